The van der Waals surface area contributed by atoms with Gasteiger partial charge in [-0.3, -0.25) is 0 Å². The molecular weight excluding hydrogens is 178 g/mol. The molecule has 1 heterocycles. The van der Waals surface area contributed by atoms with Gasteiger partial charge in [0.15, 0.2) is 0 Å². The molecule has 1 aromatic heterocycles. The SMILES string of the molecule is COc1cc(N)c2nc(N)ccc2c1. The maximum atomic E-state index is 5.80. The Morgan fingerprint density at radius 2 is 2.00 bits per heavy atom. The molecule has 72 valence electrons. The van der Waals surface area contributed by atoms with Crippen LogP contribution in [0.15, 0.2) is 24.3 Å². The van der Waals surface area contributed by atoms with Crippen LogP contribution in [-0.4, -0.2) is 12.1 Å². The highest BCUT2D eigenvalue weighted by atomic mass is 16.5. The van der Waals surface area contributed by atoms with Crippen LogP contribution in [0.3, 0.4) is 0 Å². The summed E-state index contributed by atoms with van der Waals surface area (Å²) >= 11 is 0. The molecule has 2 rings (SSSR count). The Kier molecular flexibility index (Phi) is 1.89. The van der Waals surface area contributed by atoms with Gasteiger partial charge >= 0.3 is 0 Å². The molecule has 1 aromatic carbocycles. The van der Waals surface area contributed by atoms with Crippen molar-refractivity contribution in [1.29, 1.82) is 0 Å². The molecule has 14 heavy (non-hydrogen) atoms. The highest BCUT2D eigenvalue weighted by molar-refractivity contribution is 5.91. The number of ether oxygens (including phenoxy) is 1. The van der Waals surface area contributed by atoms with E-state index in [9.17, 15) is 0 Å². The molecule has 2 aromatic rings. The van der Waals surface area contributed by atoms with Gasteiger partial charge in [-0.25, -0.2) is 4.98 Å². The molecule has 0 radical (unpaired) electrons. The van der Waals surface area contributed by atoms with E-state index in [-0.39, 0.29) is 0 Å². The van der Waals surface area contributed by atoms with Crippen LogP contribution in [0.1, 0.15) is 0 Å². The minimum Gasteiger partial charge on any atom is -0.497 e. The van der Waals surface area contributed by atoms with Gasteiger partial charge in [0.25, 0.3) is 0 Å². The second kappa shape index (κ2) is 3.06. The summed E-state index contributed by atoms with van der Waals surface area (Å²) in [5.41, 5.74) is 12.7. The Morgan fingerprint density at radius 1 is 1.21 bits per heavy atom. The van der Waals surface area contributed by atoms with Crippen molar-refractivity contribution in [3.8, 4) is 5.75 Å². The van der Waals surface area contributed by atoms with Crippen molar-refractivity contribution in [2.24, 2.45) is 0 Å². The highest BCUT2D eigenvalue weighted by Crippen LogP contribution is 2.26. The lowest BCUT2D eigenvalue weighted by Gasteiger charge is -2.05. The Labute approximate surface area is 81.5 Å². The number of aromatic nitrogens is 1. The van der Waals surface area contributed by atoms with Crippen molar-refractivity contribution in [2.75, 3.05) is 18.6 Å². The molecule has 0 fully saturated rings. The van der Waals surface area contributed by atoms with E-state index < -0.39 is 0 Å². The smallest absolute Gasteiger partial charge is 0.124 e. The third-order valence-electron chi connectivity index (χ3n) is 2.05. The molecular formula is C10H11N3O. The van der Waals surface area contributed by atoms with Crippen molar-refractivity contribution in [3.05, 3.63) is 24.3 Å². The van der Waals surface area contributed by atoms with Crippen LogP contribution in [-0.2, 0) is 0 Å². The van der Waals surface area contributed by atoms with Gasteiger partial charge in [0.2, 0.25) is 0 Å². The third kappa shape index (κ3) is 1.31. The van der Waals surface area contributed by atoms with Crippen LogP contribution in [0.2, 0.25) is 0 Å². The molecule has 0 aliphatic heterocycles. The predicted octanol–water partition coefficient (Wildman–Crippen LogP) is 1.41. The van der Waals surface area contributed by atoms with Crippen molar-refractivity contribution in [3.63, 3.8) is 0 Å². The summed E-state index contributed by atoms with van der Waals surface area (Å²) in [5, 5.41) is 0.927. The average Bonchev–Trinajstić information content (AvgIpc) is 2.19. The molecule has 4 heteroatoms. The fraction of sp³-hybridized carbons (Fsp3) is 0.100. The van der Waals surface area contributed by atoms with E-state index in [4.69, 9.17) is 16.2 Å². The lowest BCUT2D eigenvalue weighted by molar-refractivity contribution is 0.415. The summed E-state index contributed by atoms with van der Waals surface area (Å²) in [5.74, 6) is 1.19. The molecule has 0 aliphatic rings. The summed E-state index contributed by atoms with van der Waals surface area (Å²) in [4.78, 5) is 4.15. The monoisotopic (exact) mass is 189 g/mol. The van der Waals surface area contributed by atoms with Gasteiger partial charge in [0, 0.05) is 11.5 Å². The van der Waals surface area contributed by atoms with Gasteiger partial charge in [-0.15, -0.1) is 0 Å². The summed E-state index contributed by atoms with van der Waals surface area (Å²) in [6.07, 6.45) is 0. The number of nitrogens with two attached hydrogens (primary N) is 2. The predicted molar refractivity (Wildman–Crippen MR) is 57.1 cm³/mol. The minimum atomic E-state index is 0.467. The number of pyridine rings is 1. The molecule has 0 spiro atoms. The largest absolute Gasteiger partial charge is 0.497 e. The first-order valence-corrected chi connectivity index (χ1v) is 4.20. The molecule has 0 amide bonds. The second-order valence-corrected chi connectivity index (χ2v) is 3.02. The lowest BCUT2D eigenvalue weighted by Crippen LogP contribution is -1.95. The molecule has 0 aliphatic carbocycles. The molecule has 0 bridgehead atoms. The summed E-state index contributed by atoms with van der Waals surface area (Å²) < 4.78 is 5.09. The van der Waals surface area contributed by atoms with Crippen molar-refractivity contribution in [2.45, 2.75) is 0 Å². The van der Waals surface area contributed by atoms with Crippen LogP contribution >= 0.6 is 0 Å². The molecule has 0 atom stereocenters. The molecule has 0 saturated heterocycles. The van der Waals surface area contributed by atoms with Crippen LogP contribution < -0.4 is 16.2 Å². The zero-order valence-corrected chi connectivity index (χ0v) is 7.82. The van der Waals surface area contributed by atoms with E-state index >= 15 is 0 Å². The van der Waals surface area contributed by atoms with Gasteiger partial charge in [0.05, 0.1) is 18.3 Å². The Hall–Kier alpha value is -1.97. The maximum Gasteiger partial charge on any atom is 0.124 e. The number of methoxy groups -OCH3 is 1. The van der Waals surface area contributed by atoms with Crippen molar-refractivity contribution in [1.82, 2.24) is 4.98 Å². The minimum absolute atomic E-state index is 0.467. The normalized spacial score (nSPS) is 10.4. The van der Waals surface area contributed by atoms with Gasteiger partial charge < -0.3 is 16.2 Å². The number of nitrogens with zero attached hydrogens (tertiary/aromatic N) is 1. The van der Waals surface area contributed by atoms with E-state index in [0.717, 1.165) is 11.1 Å². The number of benzene rings is 1. The quantitative estimate of drug-likeness (QED) is 0.665. The average molecular weight is 189 g/mol. The number of nitrogen functional groups attached to an aromatic ring is 2. The summed E-state index contributed by atoms with van der Waals surface area (Å²) in [6, 6.07) is 7.21. The molecule has 4 N–H and O–H groups in total. The van der Waals surface area contributed by atoms with E-state index in [2.05, 4.69) is 4.98 Å². The number of hydrogen-bond acceptors (Lipinski definition) is 4. The second-order valence-electron chi connectivity index (χ2n) is 3.02. The Bertz CT molecular complexity index is 482. The number of rotatable bonds is 1. The summed E-state index contributed by atoms with van der Waals surface area (Å²) in [7, 11) is 1.60. The van der Waals surface area contributed by atoms with E-state index in [1.54, 1.807) is 19.2 Å². The topological polar surface area (TPSA) is 74.2 Å². The van der Waals surface area contributed by atoms with Gasteiger partial charge in [-0.2, -0.15) is 0 Å². The van der Waals surface area contributed by atoms with Gasteiger partial charge in [-0.05, 0) is 18.2 Å². The van der Waals surface area contributed by atoms with Crippen molar-refractivity contribution >= 4 is 22.4 Å². The van der Waals surface area contributed by atoms with E-state index in [1.165, 1.54) is 0 Å². The van der Waals surface area contributed by atoms with Crippen LogP contribution in [0.5, 0.6) is 5.75 Å². The van der Waals surface area contributed by atoms with Gasteiger partial charge in [0.1, 0.15) is 11.6 Å². The lowest BCUT2D eigenvalue weighted by atomic mass is 10.2. The standard InChI is InChI=1S/C10H11N3O/c1-14-7-4-6-2-3-9(12)13-10(6)8(11)5-7/h2-5H,11H2,1H3,(H2,12,13). The van der Waals surface area contributed by atoms with Crippen LogP contribution in [0, 0.1) is 0 Å². The molecule has 4 nitrogen and oxygen atoms in total. The number of hydrogen-bond donors (Lipinski definition) is 2. The zero-order chi connectivity index (χ0) is 10.1. The zero-order valence-electron chi connectivity index (χ0n) is 7.82. The maximum absolute atomic E-state index is 5.80. The fourth-order valence-electron chi connectivity index (χ4n) is 1.37. The number of anilines is 2. The van der Waals surface area contributed by atoms with Crippen LogP contribution in [0.4, 0.5) is 11.5 Å². The molecule has 0 saturated carbocycles. The first-order valence-electron chi connectivity index (χ1n) is 4.20. The Morgan fingerprint density at radius 3 is 2.71 bits per heavy atom. The Balaban J connectivity index is 2.76. The first kappa shape index (κ1) is 8.62. The van der Waals surface area contributed by atoms with Gasteiger partial charge in [-0.1, -0.05) is 0 Å². The highest BCUT2D eigenvalue weighted by Gasteiger charge is 2.03. The number of fused-ring (bicyclic) bond motifs is 1. The van der Waals surface area contributed by atoms with Crippen LogP contribution in [0.25, 0.3) is 10.9 Å². The molecule has 0 unspecified atom stereocenters. The first-order chi connectivity index (χ1) is 6.70. The third-order valence-corrected chi connectivity index (χ3v) is 2.05. The van der Waals surface area contributed by atoms with E-state index in [0.29, 0.717) is 17.0 Å². The fourth-order valence-corrected chi connectivity index (χ4v) is 1.37. The van der Waals surface area contributed by atoms with Crippen molar-refractivity contribution < 1.29 is 4.74 Å². The van der Waals surface area contributed by atoms with E-state index in [1.807, 2.05) is 12.1 Å². The summed E-state index contributed by atoms with van der Waals surface area (Å²) in [6.45, 7) is 0.